The Morgan fingerprint density at radius 1 is 1.65 bits per heavy atom. The predicted octanol–water partition coefficient (Wildman–Crippen LogP) is 1.16. The smallest absolute Gasteiger partial charge is 0.236 e. The van der Waals surface area contributed by atoms with Gasteiger partial charge in [0.15, 0.2) is 0 Å². The second-order valence-electron chi connectivity index (χ2n) is 3.86. The monoisotopic (exact) mass is 256 g/mol. The molecule has 0 saturated carbocycles. The minimum absolute atomic E-state index is 0.0716. The Hall–Kier alpha value is -0.910. The number of carbonyl (C=O) groups is 1. The number of ether oxygens (including phenoxy) is 1. The summed E-state index contributed by atoms with van der Waals surface area (Å²) in [7, 11) is 1.65. The van der Waals surface area contributed by atoms with E-state index in [2.05, 4.69) is 11.4 Å². The SMILES string of the molecule is COCCCC(N)C(=O)NCCc1cccs1. The fraction of sp³-hybridized carbons (Fsp3) is 0.583. The molecule has 1 unspecified atom stereocenters. The number of nitrogens with two attached hydrogens (primary N) is 1. The molecule has 3 N–H and O–H groups in total. The van der Waals surface area contributed by atoms with Crippen LogP contribution in [-0.2, 0) is 16.0 Å². The largest absolute Gasteiger partial charge is 0.385 e. The first-order valence-corrected chi connectivity index (χ1v) is 6.66. The third-order valence-electron chi connectivity index (χ3n) is 2.45. The molecule has 0 radical (unpaired) electrons. The van der Waals surface area contributed by atoms with Gasteiger partial charge in [0.2, 0.25) is 5.91 Å². The van der Waals surface area contributed by atoms with Gasteiger partial charge < -0.3 is 15.8 Å². The average molecular weight is 256 g/mol. The Labute approximate surface area is 106 Å². The highest BCUT2D eigenvalue weighted by molar-refractivity contribution is 7.09. The lowest BCUT2D eigenvalue weighted by Crippen LogP contribution is -2.41. The predicted molar refractivity (Wildman–Crippen MR) is 70.1 cm³/mol. The van der Waals surface area contributed by atoms with Crippen LogP contribution in [-0.4, -0.2) is 32.2 Å². The molecule has 0 fully saturated rings. The molecule has 4 nitrogen and oxygen atoms in total. The molecule has 1 amide bonds. The van der Waals surface area contributed by atoms with E-state index in [9.17, 15) is 4.79 Å². The van der Waals surface area contributed by atoms with Crippen LogP contribution in [0.15, 0.2) is 17.5 Å². The summed E-state index contributed by atoms with van der Waals surface area (Å²) in [5, 5.41) is 4.88. The number of thiophene rings is 1. The zero-order chi connectivity index (χ0) is 12.5. The minimum atomic E-state index is -0.423. The number of methoxy groups -OCH3 is 1. The second-order valence-corrected chi connectivity index (χ2v) is 4.89. The standard InChI is InChI=1S/C12H20N2O2S/c1-16-8-2-5-11(13)12(15)14-7-6-10-4-3-9-17-10/h3-4,9,11H,2,5-8,13H2,1H3,(H,14,15). The number of hydrogen-bond donors (Lipinski definition) is 2. The molecule has 5 heteroatoms. The van der Waals surface area contributed by atoms with Crippen molar-refractivity contribution in [3.63, 3.8) is 0 Å². The maximum atomic E-state index is 11.6. The Bertz CT molecular complexity index is 314. The summed E-state index contributed by atoms with van der Waals surface area (Å²) in [6.07, 6.45) is 2.35. The van der Waals surface area contributed by atoms with Gasteiger partial charge in [0.25, 0.3) is 0 Å². The molecule has 0 bridgehead atoms. The number of carbonyl (C=O) groups excluding carboxylic acids is 1. The maximum Gasteiger partial charge on any atom is 0.236 e. The molecule has 0 aliphatic carbocycles. The molecule has 0 aliphatic heterocycles. The highest BCUT2D eigenvalue weighted by atomic mass is 32.1. The number of hydrogen-bond acceptors (Lipinski definition) is 4. The van der Waals surface area contributed by atoms with Crippen LogP contribution in [0.2, 0.25) is 0 Å². The summed E-state index contributed by atoms with van der Waals surface area (Å²) in [6, 6.07) is 3.65. The van der Waals surface area contributed by atoms with Crippen molar-refractivity contribution in [3.05, 3.63) is 22.4 Å². The summed E-state index contributed by atoms with van der Waals surface area (Å²) in [5.41, 5.74) is 5.75. The minimum Gasteiger partial charge on any atom is -0.385 e. The Morgan fingerprint density at radius 2 is 2.47 bits per heavy atom. The lowest BCUT2D eigenvalue weighted by molar-refractivity contribution is -0.122. The van der Waals surface area contributed by atoms with Gasteiger partial charge in [-0.2, -0.15) is 0 Å². The van der Waals surface area contributed by atoms with Gasteiger partial charge in [-0.05, 0) is 30.7 Å². The molecule has 0 saturated heterocycles. The highest BCUT2D eigenvalue weighted by Gasteiger charge is 2.11. The van der Waals surface area contributed by atoms with E-state index in [4.69, 9.17) is 10.5 Å². The van der Waals surface area contributed by atoms with Crippen molar-refractivity contribution in [1.29, 1.82) is 0 Å². The van der Waals surface area contributed by atoms with Crippen molar-refractivity contribution in [3.8, 4) is 0 Å². The van der Waals surface area contributed by atoms with E-state index in [0.717, 1.165) is 12.8 Å². The zero-order valence-electron chi connectivity index (χ0n) is 10.1. The van der Waals surface area contributed by atoms with Crippen LogP contribution in [0.3, 0.4) is 0 Å². The van der Waals surface area contributed by atoms with Gasteiger partial charge in [-0.3, -0.25) is 4.79 Å². The highest BCUT2D eigenvalue weighted by Crippen LogP contribution is 2.08. The third-order valence-corrected chi connectivity index (χ3v) is 3.39. The quantitative estimate of drug-likeness (QED) is 0.686. The molecule has 0 aromatic carbocycles. The van der Waals surface area contributed by atoms with E-state index < -0.39 is 6.04 Å². The molecule has 1 heterocycles. The van der Waals surface area contributed by atoms with E-state index in [0.29, 0.717) is 19.6 Å². The van der Waals surface area contributed by atoms with Crippen molar-refractivity contribution >= 4 is 17.2 Å². The van der Waals surface area contributed by atoms with Crippen molar-refractivity contribution in [1.82, 2.24) is 5.32 Å². The second kappa shape index (κ2) is 8.22. The molecular formula is C12H20N2O2S. The van der Waals surface area contributed by atoms with Crippen molar-refractivity contribution < 1.29 is 9.53 Å². The Morgan fingerprint density at radius 3 is 3.12 bits per heavy atom. The first-order chi connectivity index (χ1) is 8.24. The average Bonchev–Trinajstić information content (AvgIpc) is 2.82. The lowest BCUT2D eigenvalue weighted by Gasteiger charge is -2.11. The molecule has 17 heavy (non-hydrogen) atoms. The molecule has 0 aliphatic rings. The van der Waals surface area contributed by atoms with E-state index in [1.54, 1.807) is 18.4 Å². The molecule has 1 aromatic heterocycles. The number of rotatable bonds is 8. The molecule has 96 valence electrons. The van der Waals surface area contributed by atoms with Crippen LogP contribution in [0.5, 0.6) is 0 Å². The van der Waals surface area contributed by atoms with E-state index >= 15 is 0 Å². The molecular weight excluding hydrogens is 236 g/mol. The van der Waals surface area contributed by atoms with Crippen LogP contribution in [0.25, 0.3) is 0 Å². The van der Waals surface area contributed by atoms with E-state index in [-0.39, 0.29) is 5.91 Å². The summed E-state index contributed by atoms with van der Waals surface area (Å²) in [5.74, 6) is -0.0716. The summed E-state index contributed by atoms with van der Waals surface area (Å²) >= 11 is 1.70. The van der Waals surface area contributed by atoms with Gasteiger partial charge in [0.05, 0.1) is 6.04 Å². The topological polar surface area (TPSA) is 64.3 Å². The van der Waals surface area contributed by atoms with E-state index in [1.165, 1.54) is 4.88 Å². The zero-order valence-corrected chi connectivity index (χ0v) is 11.0. The van der Waals surface area contributed by atoms with Crippen molar-refractivity contribution in [2.45, 2.75) is 25.3 Å². The Balaban J connectivity index is 2.11. The molecule has 1 aromatic rings. The first-order valence-electron chi connectivity index (χ1n) is 5.78. The Kier molecular flexibility index (Phi) is 6.84. The van der Waals surface area contributed by atoms with Gasteiger partial charge >= 0.3 is 0 Å². The van der Waals surface area contributed by atoms with Crippen LogP contribution < -0.4 is 11.1 Å². The molecule has 1 atom stereocenters. The van der Waals surface area contributed by atoms with Gasteiger partial charge in [0.1, 0.15) is 0 Å². The van der Waals surface area contributed by atoms with Crippen LogP contribution in [0, 0.1) is 0 Å². The fourth-order valence-corrected chi connectivity index (χ4v) is 2.18. The van der Waals surface area contributed by atoms with Crippen LogP contribution >= 0.6 is 11.3 Å². The maximum absolute atomic E-state index is 11.6. The lowest BCUT2D eigenvalue weighted by atomic mass is 10.1. The molecule has 1 rings (SSSR count). The summed E-state index contributed by atoms with van der Waals surface area (Å²) in [4.78, 5) is 12.9. The van der Waals surface area contributed by atoms with Gasteiger partial charge in [-0.1, -0.05) is 6.07 Å². The van der Waals surface area contributed by atoms with Gasteiger partial charge in [-0.15, -0.1) is 11.3 Å². The fourth-order valence-electron chi connectivity index (χ4n) is 1.47. The summed E-state index contributed by atoms with van der Waals surface area (Å²) in [6.45, 7) is 1.30. The van der Waals surface area contributed by atoms with Crippen LogP contribution in [0.1, 0.15) is 17.7 Å². The van der Waals surface area contributed by atoms with Gasteiger partial charge in [-0.25, -0.2) is 0 Å². The van der Waals surface area contributed by atoms with Crippen molar-refractivity contribution in [2.75, 3.05) is 20.3 Å². The summed E-state index contributed by atoms with van der Waals surface area (Å²) < 4.78 is 4.92. The van der Waals surface area contributed by atoms with Crippen LogP contribution in [0.4, 0.5) is 0 Å². The number of nitrogens with one attached hydrogen (secondary N) is 1. The number of amides is 1. The molecule has 0 spiro atoms. The van der Waals surface area contributed by atoms with Gasteiger partial charge in [0, 0.05) is 25.1 Å². The van der Waals surface area contributed by atoms with E-state index in [1.807, 2.05) is 11.4 Å². The normalized spacial score (nSPS) is 12.4. The first kappa shape index (κ1) is 14.2. The van der Waals surface area contributed by atoms with Crippen molar-refractivity contribution in [2.24, 2.45) is 5.73 Å². The third kappa shape index (κ3) is 5.81.